The molecule has 2 aromatic rings. The maximum absolute atomic E-state index is 11.3. The molecule has 0 amide bonds. The van der Waals surface area contributed by atoms with Gasteiger partial charge in [0.05, 0.1) is 23.4 Å². The van der Waals surface area contributed by atoms with Crippen molar-refractivity contribution < 1.29 is 14.3 Å². The van der Waals surface area contributed by atoms with Gasteiger partial charge in [0.15, 0.2) is 0 Å². The van der Waals surface area contributed by atoms with E-state index in [9.17, 15) is 4.79 Å². The first-order valence-corrected chi connectivity index (χ1v) is 7.54. The van der Waals surface area contributed by atoms with Gasteiger partial charge in [0.2, 0.25) is 0 Å². The minimum Gasteiger partial charge on any atom is -0.487 e. The first-order valence-electron chi connectivity index (χ1n) is 6.66. The largest absolute Gasteiger partial charge is 0.487 e. The van der Waals surface area contributed by atoms with Gasteiger partial charge in [0, 0.05) is 10.8 Å². The van der Waals surface area contributed by atoms with Crippen molar-refractivity contribution in [3.63, 3.8) is 0 Å². The quantitative estimate of drug-likeness (QED) is 0.806. The maximum atomic E-state index is 11.3. The van der Waals surface area contributed by atoms with Gasteiger partial charge in [-0.1, -0.05) is 20.8 Å². The van der Waals surface area contributed by atoms with Crippen molar-refractivity contribution in [1.82, 2.24) is 4.98 Å². The van der Waals surface area contributed by atoms with Gasteiger partial charge in [0.1, 0.15) is 12.4 Å². The summed E-state index contributed by atoms with van der Waals surface area (Å²) in [4.78, 5) is 15.9. The Labute approximate surface area is 128 Å². The Kier molecular flexibility index (Phi) is 4.63. The van der Waals surface area contributed by atoms with Crippen LogP contribution in [0.15, 0.2) is 29.6 Å². The molecule has 0 radical (unpaired) electrons. The highest BCUT2D eigenvalue weighted by atomic mass is 32.1. The second kappa shape index (κ2) is 6.26. The molecule has 2 rings (SSSR count). The molecule has 0 unspecified atom stereocenters. The van der Waals surface area contributed by atoms with E-state index in [4.69, 9.17) is 4.74 Å². The second-order valence-corrected chi connectivity index (χ2v) is 6.56. The summed E-state index contributed by atoms with van der Waals surface area (Å²) in [6, 6.07) is 6.87. The lowest BCUT2D eigenvalue weighted by Crippen LogP contribution is -2.10. The van der Waals surface area contributed by atoms with Gasteiger partial charge >= 0.3 is 5.97 Å². The Morgan fingerprint density at radius 2 is 1.90 bits per heavy atom. The minimum atomic E-state index is -0.351. The number of nitrogens with zero attached hydrogens (tertiary/aromatic N) is 1. The van der Waals surface area contributed by atoms with Gasteiger partial charge in [-0.05, 0) is 24.3 Å². The molecular formula is C16H19NO3S. The van der Waals surface area contributed by atoms with E-state index < -0.39 is 0 Å². The average Bonchev–Trinajstić information content (AvgIpc) is 2.94. The number of aromatic nitrogens is 1. The third kappa shape index (κ3) is 4.04. The molecule has 5 heteroatoms. The van der Waals surface area contributed by atoms with Crippen molar-refractivity contribution in [2.24, 2.45) is 0 Å². The molecule has 1 aromatic heterocycles. The van der Waals surface area contributed by atoms with Gasteiger partial charge in [-0.2, -0.15) is 0 Å². The number of carbonyl (C=O) groups is 1. The van der Waals surface area contributed by atoms with Crippen molar-refractivity contribution >= 4 is 17.3 Å². The molecule has 0 aliphatic heterocycles. The number of benzene rings is 1. The van der Waals surface area contributed by atoms with Crippen LogP contribution in [0, 0.1) is 0 Å². The summed E-state index contributed by atoms with van der Waals surface area (Å²) >= 11 is 1.65. The number of thiazole rings is 1. The highest BCUT2D eigenvalue weighted by molar-refractivity contribution is 7.09. The molecule has 0 N–H and O–H groups in total. The fourth-order valence-corrected chi connectivity index (χ4v) is 2.57. The van der Waals surface area contributed by atoms with E-state index >= 15 is 0 Å². The van der Waals surface area contributed by atoms with Crippen LogP contribution in [-0.4, -0.2) is 18.1 Å². The molecule has 21 heavy (non-hydrogen) atoms. The van der Waals surface area contributed by atoms with Crippen molar-refractivity contribution in [2.75, 3.05) is 7.11 Å². The summed E-state index contributed by atoms with van der Waals surface area (Å²) < 4.78 is 10.3. The number of hydrogen-bond acceptors (Lipinski definition) is 5. The van der Waals surface area contributed by atoms with Gasteiger partial charge in [-0.25, -0.2) is 9.78 Å². The van der Waals surface area contributed by atoms with Gasteiger partial charge < -0.3 is 9.47 Å². The van der Waals surface area contributed by atoms with Gasteiger partial charge in [-0.15, -0.1) is 11.3 Å². The van der Waals surface area contributed by atoms with Crippen LogP contribution in [0.25, 0.3) is 0 Å². The number of carbonyl (C=O) groups excluding carboxylic acids is 1. The van der Waals surface area contributed by atoms with E-state index in [1.165, 1.54) is 7.11 Å². The smallest absolute Gasteiger partial charge is 0.337 e. The lowest BCUT2D eigenvalue weighted by molar-refractivity contribution is 0.0600. The van der Waals surface area contributed by atoms with Crippen molar-refractivity contribution in [2.45, 2.75) is 32.8 Å². The number of ether oxygens (including phenoxy) is 2. The van der Waals surface area contributed by atoms with Crippen LogP contribution in [0.4, 0.5) is 0 Å². The normalized spacial score (nSPS) is 11.2. The van der Waals surface area contributed by atoms with E-state index in [0.29, 0.717) is 17.9 Å². The van der Waals surface area contributed by atoms with E-state index in [-0.39, 0.29) is 11.4 Å². The Bertz CT molecular complexity index is 611. The third-order valence-electron chi connectivity index (χ3n) is 2.86. The first-order chi connectivity index (χ1) is 9.90. The fraction of sp³-hybridized carbons (Fsp3) is 0.375. The molecule has 1 heterocycles. The Balaban J connectivity index is 1.97. The zero-order valence-electron chi connectivity index (χ0n) is 12.7. The van der Waals surface area contributed by atoms with Crippen LogP contribution in [-0.2, 0) is 16.8 Å². The van der Waals surface area contributed by atoms with Gasteiger partial charge in [-0.3, -0.25) is 0 Å². The zero-order chi connectivity index (χ0) is 15.5. The molecule has 112 valence electrons. The zero-order valence-corrected chi connectivity index (χ0v) is 13.5. The van der Waals surface area contributed by atoms with E-state index in [2.05, 4.69) is 30.5 Å². The molecule has 0 atom stereocenters. The number of hydrogen-bond donors (Lipinski definition) is 0. The lowest BCUT2D eigenvalue weighted by atomic mass is 9.98. The predicted molar refractivity (Wildman–Crippen MR) is 82.9 cm³/mol. The van der Waals surface area contributed by atoms with Crippen molar-refractivity contribution in [3.8, 4) is 5.75 Å². The first kappa shape index (κ1) is 15.5. The average molecular weight is 305 g/mol. The molecule has 0 fully saturated rings. The summed E-state index contributed by atoms with van der Waals surface area (Å²) in [6.45, 7) is 6.84. The SMILES string of the molecule is COC(=O)c1ccc(OCc2csc(C(C)(C)C)n2)cc1. The molecule has 0 bridgehead atoms. The molecule has 0 spiro atoms. The Morgan fingerprint density at radius 1 is 1.24 bits per heavy atom. The second-order valence-electron chi connectivity index (χ2n) is 5.70. The van der Waals surface area contributed by atoms with Crippen LogP contribution < -0.4 is 4.74 Å². The molecule has 4 nitrogen and oxygen atoms in total. The molecule has 0 saturated heterocycles. The summed E-state index contributed by atoms with van der Waals surface area (Å²) in [6.07, 6.45) is 0. The molecule has 0 saturated carbocycles. The van der Waals surface area contributed by atoms with Crippen molar-refractivity contribution in [3.05, 3.63) is 45.9 Å². The van der Waals surface area contributed by atoms with Gasteiger partial charge in [0.25, 0.3) is 0 Å². The van der Waals surface area contributed by atoms with E-state index in [1.807, 2.05) is 5.38 Å². The number of rotatable bonds is 4. The lowest BCUT2D eigenvalue weighted by Gasteiger charge is -2.13. The highest BCUT2D eigenvalue weighted by Gasteiger charge is 2.18. The summed E-state index contributed by atoms with van der Waals surface area (Å²) in [5.41, 5.74) is 1.49. The van der Waals surface area contributed by atoms with Crippen LogP contribution in [0.3, 0.4) is 0 Å². The molecule has 1 aromatic carbocycles. The van der Waals surface area contributed by atoms with Crippen molar-refractivity contribution in [1.29, 1.82) is 0 Å². The monoisotopic (exact) mass is 305 g/mol. The topological polar surface area (TPSA) is 48.4 Å². The Morgan fingerprint density at radius 3 is 2.43 bits per heavy atom. The van der Waals surface area contributed by atoms with Crippen LogP contribution in [0.5, 0.6) is 5.75 Å². The molecular weight excluding hydrogens is 286 g/mol. The highest BCUT2D eigenvalue weighted by Crippen LogP contribution is 2.26. The number of esters is 1. The molecule has 0 aliphatic carbocycles. The third-order valence-corrected chi connectivity index (χ3v) is 4.17. The van der Waals surface area contributed by atoms with E-state index in [0.717, 1.165) is 10.7 Å². The maximum Gasteiger partial charge on any atom is 0.337 e. The van der Waals surface area contributed by atoms with E-state index in [1.54, 1.807) is 35.6 Å². The minimum absolute atomic E-state index is 0.0606. The van der Waals surface area contributed by atoms with Crippen LogP contribution in [0.1, 0.15) is 41.8 Å². The fourth-order valence-electron chi connectivity index (χ4n) is 1.68. The summed E-state index contributed by atoms with van der Waals surface area (Å²) in [5.74, 6) is 0.351. The number of methoxy groups -OCH3 is 1. The van der Waals surface area contributed by atoms with Crippen LogP contribution in [0.2, 0.25) is 0 Å². The predicted octanol–water partition coefficient (Wildman–Crippen LogP) is 3.81. The summed E-state index contributed by atoms with van der Waals surface area (Å²) in [7, 11) is 1.36. The summed E-state index contributed by atoms with van der Waals surface area (Å²) in [5, 5.41) is 3.12. The Hall–Kier alpha value is -1.88. The standard InChI is InChI=1S/C16H19NO3S/c1-16(2,3)15-17-12(10-21-15)9-20-13-7-5-11(6-8-13)14(18)19-4/h5-8,10H,9H2,1-4H3. The van der Waals surface area contributed by atoms with Crippen LogP contribution >= 0.6 is 11.3 Å². The molecule has 0 aliphatic rings.